The minimum absolute atomic E-state index is 0.194. The van der Waals surface area contributed by atoms with Crippen LogP contribution in [-0.4, -0.2) is 11.8 Å². The van der Waals surface area contributed by atoms with E-state index in [1.165, 1.54) is 16.2 Å². The molecule has 1 atom stereocenters. The van der Waals surface area contributed by atoms with E-state index in [4.69, 9.17) is 5.73 Å². The highest BCUT2D eigenvalue weighted by molar-refractivity contribution is 7.17. The van der Waals surface area contributed by atoms with Crippen LogP contribution in [0.15, 0.2) is 18.2 Å². The van der Waals surface area contributed by atoms with Gasteiger partial charge in [0.15, 0.2) is 0 Å². The smallest absolute Gasteiger partial charge is 0.256 e. The fourth-order valence-corrected chi connectivity index (χ4v) is 5.24. The summed E-state index contributed by atoms with van der Waals surface area (Å²) in [5, 5.41) is 3.55. The van der Waals surface area contributed by atoms with Crippen molar-refractivity contribution < 1.29 is 9.59 Å². The van der Waals surface area contributed by atoms with Crippen molar-refractivity contribution >= 4 is 28.2 Å². The largest absolute Gasteiger partial charge is 0.365 e. The highest BCUT2D eigenvalue weighted by atomic mass is 32.1. The Morgan fingerprint density at radius 3 is 2.52 bits per heavy atom. The molecule has 3 N–H and O–H groups in total. The first-order valence-electron chi connectivity index (χ1n) is 9.41. The predicted octanol–water partition coefficient (Wildman–Crippen LogP) is 4.87. The molecule has 0 saturated heterocycles. The fourth-order valence-electron chi connectivity index (χ4n) is 3.91. The van der Waals surface area contributed by atoms with Gasteiger partial charge >= 0.3 is 0 Å². The van der Waals surface area contributed by atoms with E-state index in [-0.39, 0.29) is 11.3 Å². The number of amides is 2. The van der Waals surface area contributed by atoms with Crippen LogP contribution in [0.2, 0.25) is 0 Å². The van der Waals surface area contributed by atoms with Gasteiger partial charge in [0.2, 0.25) is 0 Å². The number of hydrogen-bond donors (Lipinski definition) is 2. The van der Waals surface area contributed by atoms with Crippen molar-refractivity contribution in [1.29, 1.82) is 0 Å². The molecule has 5 heteroatoms. The number of nitrogens with one attached hydrogen (secondary N) is 1. The van der Waals surface area contributed by atoms with Crippen molar-refractivity contribution in [1.82, 2.24) is 0 Å². The summed E-state index contributed by atoms with van der Waals surface area (Å²) in [6.45, 7) is 10.7. The molecular formula is C22H28N2O2S. The second kappa shape index (κ2) is 7.12. The molecule has 0 spiro atoms. The van der Waals surface area contributed by atoms with E-state index in [9.17, 15) is 9.59 Å². The van der Waals surface area contributed by atoms with Crippen molar-refractivity contribution in [2.75, 3.05) is 5.32 Å². The van der Waals surface area contributed by atoms with Gasteiger partial charge in [0.05, 0.1) is 5.56 Å². The summed E-state index contributed by atoms with van der Waals surface area (Å²) in [4.78, 5) is 26.1. The van der Waals surface area contributed by atoms with Crippen molar-refractivity contribution in [2.45, 2.75) is 53.9 Å². The molecule has 1 aromatic heterocycles. The van der Waals surface area contributed by atoms with Gasteiger partial charge in [-0.05, 0) is 61.6 Å². The van der Waals surface area contributed by atoms with Crippen LogP contribution >= 0.6 is 11.3 Å². The van der Waals surface area contributed by atoms with E-state index < -0.39 is 5.91 Å². The van der Waals surface area contributed by atoms with Crippen molar-refractivity contribution in [3.63, 3.8) is 0 Å². The summed E-state index contributed by atoms with van der Waals surface area (Å²) in [5.74, 6) is -0.0918. The van der Waals surface area contributed by atoms with Crippen LogP contribution in [0.1, 0.15) is 69.5 Å². The zero-order valence-corrected chi connectivity index (χ0v) is 17.5. The molecule has 1 aromatic carbocycles. The average molecular weight is 385 g/mol. The molecule has 4 nitrogen and oxygen atoms in total. The lowest BCUT2D eigenvalue weighted by Crippen LogP contribution is -2.27. The summed E-state index contributed by atoms with van der Waals surface area (Å²) < 4.78 is 0. The number of carbonyl (C=O) groups excluding carboxylic acids is 2. The van der Waals surface area contributed by atoms with Crippen LogP contribution in [0.5, 0.6) is 0 Å². The monoisotopic (exact) mass is 384 g/mol. The third-order valence-electron chi connectivity index (χ3n) is 5.59. The first-order valence-corrected chi connectivity index (χ1v) is 10.2. The maximum absolute atomic E-state index is 12.8. The van der Waals surface area contributed by atoms with Crippen LogP contribution < -0.4 is 11.1 Å². The Kier molecular flexibility index (Phi) is 5.17. The zero-order valence-electron chi connectivity index (χ0n) is 16.7. The maximum Gasteiger partial charge on any atom is 0.256 e. The molecule has 1 aliphatic carbocycles. The van der Waals surface area contributed by atoms with E-state index in [1.54, 1.807) is 0 Å². The second-order valence-electron chi connectivity index (χ2n) is 8.65. The second-order valence-corrected chi connectivity index (χ2v) is 9.76. The lowest BCUT2D eigenvalue weighted by molar-refractivity contribution is 0.1000. The van der Waals surface area contributed by atoms with Crippen LogP contribution in [-0.2, 0) is 12.8 Å². The Hall–Kier alpha value is -2.14. The highest BCUT2D eigenvalue weighted by Gasteiger charge is 2.33. The highest BCUT2D eigenvalue weighted by Crippen LogP contribution is 2.44. The third-order valence-corrected chi connectivity index (χ3v) is 6.76. The molecular weight excluding hydrogens is 356 g/mol. The van der Waals surface area contributed by atoms with Crippen LogP contribution in [0, 0.1) is 25.2 Å². The first kappa shape index (κ1) is 19.6. The van der Waals surface area contributed by atoms with Gasteiger partial charge in [0.25, 0.3) is 11.8 Å². The molecule has 144 valence electrons. The Morgan fingerprint density at radius 1 is 1.22 bits per heavy atom. The maximum atomic E-state index is 12.8. The number of nitrogens with two attached hydrogens (primary N) is 1. The summed E-state index contributed by atoms with van der Waals surface area (Å²) in [6, 6.07) is 5.73. The molecule has 2 aromatic rings. The van der Waals surface area contributed by atoms with Gasteiger partial charge in [-0.2, -0.15) is 0 Å². The van der Waals surface area contributed by atoms with Crippen LogP contribution in [0.4, 0.5) is 5.00 Å². The standard InChI is InChI=1S/C22H28N2O2S/c1-12-6-8-15(13(2)10-12)20(26)24-21-18(19(23)25)16-9-7-14(22(3,4)5)11-17(16)27-21/h6,8,10,14H,7,9,11H2,1-5H3,(H2,23,25)(H,24,26)/t14-/m0/s1. The molecule has 1 aliphatic rings. The summed E-state index contributed by atoms with van der Waals surface area (Å²) in [5.41, 5.74) is 10.1. The molecule has 0 fully saturated rings. The number of rotatable bonds is 3. The lowest BCUT2D eigenvalue weighted by atomic mass is 9.72. The summed E-state index contributed by atoms with van der Waals surface area (Å²) >= 11 is 1.51. The van der Waals surface area contributed by atoms with Crippen molar-refractivity contribution in [2.24, 2.45) is 17.1 Å². The van der Waals surface area contributed by atoms with Gasteiger partial charge < -0.3 is 11.1 Å². The number of thiophene rings is 1. The number of primary amides is 1. The zero-order chi connectivity index (χ0) is 19.9. The van der Waals surface area contributed by atoms with Gasteiger partial charge in [-0.25, -0.2) is 0 Å². The number of hydrogen-bond acceptors (Lipinski definition) is 3. The van der Waals surface area contributed by atoms with Crippen LogP contribution in [0.25, 0.3) is 0 Å². The number of carbonyl (C=O) groups is 2. The Bertz CT molecular complexity index is 906. The fraction of sp³-hybridized carbons (Fsp3) is 0.455. The summed E-state index contributed by atoms with van der Waals surface area (Å²) in [6.07, 6.45) is 2.81. The van der Waals surface area contributed by atoms with Gasteiger partial charge in [0.1, 0.15) is 5.00 Å². The molecule has 0 saturated carbocycles. The van der Waals surface area contributed by atoms with E-state index in [2.05, 4.69) is 26.1 Å². The van der Waals surface area contributed by atoms with Gasteiger partial charge in [0, 0.05) is 10.4 Å². The van der Waals surface area contributed by atoms with Crippen molar-refractivity contribution in [3.8, 4) is 0 Å². The minimum Gasteiger partial charge on any atom is -0.365 e. The van der Waals surface area contributed by atoms with E-state index in [0.717, 1.165) is 36.0 Å². The van der Waals surface area contributed by atoms with Gasteiger partial charge in [-0.1, -0.05) is 38.5 Å². The topological polar surface area (TPSA) is 72.2 Å². The molecule has 0 radical (unpaired) electrons. The number of fused-ring (bicyclic) bond motifs is 1. The molecule has 27 heavy (non-hydrogen) atoms. The van der Waals surface area contributed by atoms with E-state index >= 15 is 0 Å². The quantitative estimate of drug-likeness (QED) is 0.792. The summed E-state index contributed by atoms with van der Waals surface area (Å²) in [7, 11) is 0. The minimum atomic E-state index is -0.461. The van der Waals surface area contributed by atoms with Crippen LogP contribution in [0.3, 0.4) is 0 Å². The van der Waals surface area contributed by atoms with Crippen molar-refractivity contribution in [3.05, 3.63) is 50.9 Å². The predicted molar refractivity (Wildman–Crippen MR) is 112 cm³/mol. The van der Waals surface area contributed by atoms with E-state index in [1.807, 2.05) is 32.0 Å². The SMILES string of the molecule is Cc1ccc(C(=O)Nc2sc3c(c2C(N)=O)CC[C@H](C(C)(C)C)C3)c(C)c1. The number of benzene rings is 1. The number of anilines is 1. The normalized spacial score (nSPS) is 16.7. The third kappa shape index (κ3) is 3.93. The average Bonchev–Trinajstić information content (AvgIpc) is 2.90. The lowest BCUT2D eigenvalue weighted by Gasteiger charge is -2.33. The molecule has 0 unspecified atom stereocenters. The number of aryl methyl sites for hydroxylation is 2. The Labute approximate surface area is 165 Å². The van der Waals surface area contributed by atoms with Gasteiger partial charge in [-0.3, -0.25) is 9.59 Å². The first-order chi connectivity index (χ1) is 12.6. The molecule has 2 amide bonds. The van der Waals surface area contributed by atoms with Gasteiger partial charge in [-0.15, -0.1) is 11.3 Å². The molecule has 0 aliphatic heterocycles. The molecule has 0 bridgehead atoms. The Morgan fingerprint density at radius 2 is 1.93 bits per heavy atom. The molecule has 3 rings (SSSR count). The van der Waals surface area contributed by atoms with E-state index in [0.29, 0.717) is 22.0 Å². The molecule has 1 heterocycles. The Balaban J connectivity index is 1.93.